The lowest BCUT2D eigenvalue weighted by Gasteiger charge is -2.19. The molecular weight excluding hydrogens is 272 g/mol. The summed E-state index contributed by atoms with van der Waals surface area (Å²) in [5, 5.41) is 0. The fourth-order valence-electron chi connectivity index (χ4n) is 1.38. The summed E-state index contributed by atoms with van der Waals surface area (Å²) in [5.41, 5.74) is 5.49. The molecule has 0 aliphatic rings. The van der Waals surface area contributed by atoms with Crippen molar-refractivity contribution in [3.8, 4) is 0 Å². The van der Waals surface area contributed by atoms with Gasteiger partial charge in [-0.25, -0.2) is 8.42 Å². The van der Waals surface area contributed by atoms with E-state index in [1.165, 1.54) is 22.8 Å². The molecule has 0 saturated carbocycles. The lowest BCUT2D eigenvalue weighted by Crippen LogP contribution is -2.33. The van der Waals surface area contributed by atoms with Gasteiger partial charge in [0, 0.05) is 31.6 Å². The lowest BCUT2D eigenvalue weighted by molar-refractivity contribution is 0.182. The first-order valence-electron chi connectivity index (χ1n) is 5.45. The highest BCUT2D eigenvalue weighted by atomic mass is 32.2. The summed E-state index contributed by atoms with van der Waals surface area (Å²) in [5.74, 6) is 0. The summed E-state index contributed by atoms with van der Waals surface area (Å²) in [6.45, 7) is 4.84. The van der Waals surface area contributed by atoms with E-state index >= 15 is 0 Å². The smallest absolute Gasteiger partial charge is 0.252 e. The highest BCUT2D eigenvalue weighted by molar-refractivity contribution is 7.91. The van der Waals surface area contributed by atoms with Gasteiger partial charge in [-0.05, 0) is 12.1 Å². The van der Waals surface area contributed by atoms with Crippen LogP contribution in [0.25, 0.3) is 0 Å². The van der Waals surface area contributed by atoms with Crippen molar-refractivity contribution in [3.05, 3.63) is 29.7 Å². The molecular formula is C11H18N2O3S2. The van der Waals surface area contributed by atoms with Gasteiger partial charge in [0.1, 0.15) is 4.21 Å². The van der Waals surface area contributed by atoms with E-state index in [4.69, 9.17) is 10.5 Å². The number of rotatable bonds is 8. The van der Waals surface area contributed by atoms with Crippen molar-refractivity contribution in [2.24, 2.45) is 5.73 Å². The molecule has 0 amide bonds. The maximum Gasteiger partial charge on any atom is 0.252 e. The molecule has 1 rings (SSSR count). The molecule has 7 heteroatoms. The number of thiophene rings is 1. The van der Waals surface area contributed by atoms with E-state index < -0.39 is 10.0 Å². The molecule has 0 unspecified atom stereocenters. The van der Waals surface area contributed by atoms with Gasteiger partial charge in [0.15, 0.2) is 0 Å². The summed E-state index contributed by atoms with van der Waals surface area (Å²) in [6.07, 6.45) is 1.56. The zero-order valence-corrected chi connectivity index (χ0v) is 12.0. The summed E-state index contributed by atoms with van der Waals surface area (Å²) in [4.78, 5) is 0.846. The van der Waals surface area contributed by atoms with Gasteiger partial charge >= 0.3 is 0 Å². The van der Waals surface area contributed by atoms with Crippen molar-refractivity contribution in [1.82, 2.24) is 4.31 Å². The molecule has 0 bridgehead atoms. The minimum Gasteiger partial charge on any atom is -0.383 e. The monoisotopic (exact) mass is 290 g/mol. The van der Waals surface area contributed by atoms with Gasteiger partial charge in [-0.3, -0.25) is 0 Å². The minimum absolute atomic E-state index is 0.265. The molecule has 0 fully saturated rings. The van der Waals surface area contributed by atoms with E-state index in [9.17, 15) is 8.42 Å². The number of hydrogen-bond acceptors (Lipinski definition) is 5. The average Bonchev–Trinajstić information content (AvgIpc) is 2.83. The molecule has 0 atom stereocenters. The predicted molar refractivity (Wildman–Crippen MR) is 73.0 cm³/mol. The molecule has 102 valence electrons. The standard InChI is InChI=1S/C11H18N2O3S2/c1-3-6-13(7-8-16-2)18(14,15)11-5-4-10(9-12)17-11/h3-5H,1,6-9,12H2,2H3. The first-order valence-corrected chi connectivity index (χ1v) is 7.70. The Morgan fingerprint density at radius 3 is 2.78 bits per heavy atom. The molecule has 0 aliphatic carbocycles. The first kappa shape index (κ1) is 15.3. The van der Waals surface area contributed by atoms with Gasteiger partial charge < -0.3 is 10.5 Å². The fourth-order valence-corrected chi connectivity index (χ4v) is 4.16. The van der Waals surface area contributed by atoms with Crippen LogP contribution in [0, 0.1) is 0 Å². The summed E-state index contributed by atoms with van der Waals surface area (Å²) in [7, 11) is -1.94. The molecule has 1 aromatic rings. The normalized spacial score (nSPS) is 11.9. The molecule has 5 nitrogen and oxygen atoms in total. The Kier molecular flexibility index (Phi) is 5.97. The van der Waals surface area contributed by atoms with Crippen LogP contribution < -0.4 is 5.73 Å². The second-order valence-electron chi connectivity index (χ2n) is 3.57. The van der Waals surface area contributed by atoms with E-state index in [-0.39, 0.29) is 6.54 Å². The topological polar surface area (TPSA) is 72.6 Å². The van der Waals surface area contributed by atoms with Crippen LogP contribution in [0.3, 0.4) is 0 Å². The second kappa shape index (κ2) is 7.01. The van der Waals surface area contributed by atoms with E-state index in [1.54, 1.807) is 18.2 Å². The Morgan fingerprint density at radius 2 is 2.28 bits per heavy atom. The van der Waals surface area contributed by atoms with E-state index in [0.29, 0.717) is 23.9 Å². The number of nitrogens with two attached hydrogens (primary N) is 1. The van der Waals surface area contributed by atoms with Crippen LogP contribution in [0.5, 0.6) is 0 Å². The van der Waals surface area contributed by atoms with Crippen molar-refractivity contribution in [3.63, 3.8) is 0 Å². The summed E-state index contributed by atoms with van der Waals surface area (Å²) < 4.78 is 31.3. The maximum absolute atomic E-state index is 12.3. The quantitative estimate of drug-likeness (QED) is 0.726. The summed E-state index contributed by atoms with van der Waals surface area (Å²) in [6, 6.07) is 3.32. The fraction of sp³-hybridized carbons (Fsp3) is 0.455. The molecule has 18 heavy (non-hydrogen) atoms. The van der Waals surface area contributed by atoms with Crippen LogP contribution in [0.4, 0.5) is 0 Å². The Morgan fingerprint density at radius 1 is 1.56 bits per heavy atom. The molecule has 2 N–H and O–H groups in total. The third-order valence-corrected chi connectivity index (χ3v) is 5.75. The van der Waals surface area contributed by atoms with Crippen molar-refractivity contribution >= 4 is 21.4 Å². The van der Waals surface area contributed by atoms with Crippen molar-refractivity contribution in [1.29, 1.82) is 0 Å². The third kappa shape index (κ3) is 3.63. The van der Waals surface area contributed by atoms with Crippen LogP contribution >= 0.6 is 11.3 Å². The van der Waals surface area contributed by atoms with E-state index in [0.717, 1.165) is 4.88 Å². The molecule has 0 aliphatic heterocycles. The van der Waals surface area contributed by atoms with Crippen LogP contribution in [-0.4, -0.2) is 39.5 Å². The molecule has 1 heterocycles. The first-order chi connectivity index (χ1) is 8.56. The van der Waals surface area contributed by atoms with Crippen LogP contribution in [0.1, 0.15) is 4.88 Å². The van der Waals surface area contributed by atoms with Crippen LogP contribution in [-0.2, 0) is 21.3 Å². The zero-order chi connectivity index (χ0) is 13.6. The van der Waals surface area contributed by atoms with Gasteiger partial charge in [-0.1, -0.05) is 6.08 Å². The second-order valence-corrected chi connectivity index (χ2v) is 6.90. The molecule has 1 aromatic heterocycles. The van der Waals surface area contributed by atoms with Gasteiger partial charge in [0.25, 0.3) is 10.0 Å². The Labute approximate surface area is 112 Å². The SMILES string of the molecule is C=CCN(CCOC)S(=O)(=O)c1ccc(CN)s1. The number of hydrogen-bond donors (Lipinski definition) is 1. The lowest BCUT2D eigenvalue weighted by atomic mass is 10.5. The Hall–Kier alpha value is -0.730. The molecule has 0 aromatic carbocycles. The van der Waals surface area contributed by atoms with E-state index in [1.807, 2.05) is 0 Å². The molecule has 0 saturated heterocycles. The van der Waals surface area contributed by atoms with Crippen LogP contribution in [0.15, 0.2) is 29.0 Å². The third-order valence-electron chi connectivity index (χ3n) is 2.31. The highest BCUT2D eigenvalue weighted by Gasteiger charge is 2.24. The maximum atomic E-state index is 12.3. The predicted octanol–water partition coefficient (Wildman–Crippen LogP) is 1.03. The largest absolute Gasteiger partial charge is 0.383 e. The Bertz CT molecular complexity index is 482. The van der Waals surface area contributed by atoms with Crippen molar-refractivity contribution in [2.45, 2.75) is 10.8 Å². The van der Waals surface area contributed by atoms with Crippen molar-refractivity contribution in [2.75, 3.05) is 26.8 Å². The van der Waals surface area contributed by atoms with Crippen molar-refractivity contribution < 1.29 is 13.2 Å². The average molecular weight is 290 g/mol. The zero-order valence-electron chi connectivity index (χ0n) is 10.3. The number of ether oxygens (including phenoxy) is 1. The van der Waals surface area contributed by atoms with Gasteiger partial charge in [-0.15, -0.1) is 17.9 Å². The molecule has 0 spiro atoms. The van der Waals surface area contributed by atoms with Crippen LogP contribution in [0.2, 0.25) is 0 Å². The number of sulfonamides is 1. The van der Waals surface area contributed by atoms with Gasteiger partial charge in [0.05, 0.1) is 6.61 Å². The molecule has 0 radical (unpaired) electrons. The number of methoxy groups -OCH3 is 1. The highest BCUT2D eigenvalue weighted by Crippen LogP contribution is 2.24. The minimum atomic E-state index is -3.48. The van der Waals surface area contributed by atoms with E-state index in [2.05, 4.69) is 6.58 Å². The number of nitrogens with zero attached hydrogens (tertiary/aromatic N) is 1. The Balaban J connectivity index is 2.96. The summed E-state index contributed by atoms with van der Waals surface area (Å²) >= 11 is 1.20. The van der Waals surface area contributed by atoms with Gasteiger partial charge in [-0.2, -0.15) is 4.31 Å². The van der Waals surface area contributed by atoms with Gasteiger partial charge in [0.2, 0.25) is 0 Å².